The molecule has 0 radical (unpaired) electrons. The minimum atomic E-state index is -1.10. The number of nitrogens with one attached hydrogen (secondary N) is 4. The smallest absolute Gasteiger partial charge is 0.358 e. The van der Waals surface area contributed by atoms with Gasteiger partial charge < -0.3 is 48.4 Å². The molecule has 776 valence electrons. The molecular weight excluding hydrogens is 1930 g/mol. The molecule has 22 rings (SSSR count). The Morgan fingerprint density at radius 1 is 0.440 bits per heavy atom. The average molecular weight is 2060 g/mol. The highest BCUT2D eigenvalue weighted by molar-refractivity contribution is 7.22. The summed E-state index contributed by atoms with van der Waals surface area (Å²) in [6.07, 6.45) is 20.7. The second-order valence-electron chi connectivity index (χ2n) is 42.4. The minimum absolute atomic E-state index is 0.0211. The fraction of sp³-hybridized carbons (Fsp3) is 0.407. The summed E-state index contributed by atoms with van der Waals surface area (Å²) in [4.78, 5) is 131. The normalized spacial score (nSPS) is 19.6. The Morgan fingerprint density at radius 3 is 1.29 bits per heavy atom. The number of anilines is 4. The van der Waals surface area contributed by atoms with Gasteiger partial charge in [0, 0.05) is 124 Å². The van der Waals surface area contributed by atoms with Crippen molar-refractivity contribution in [3.63, 3.8) is 0 Å². The molecule has 6 aromatic heterocycles. The lowest BCUT2D eigenvalue weighted by Gasteiger charge is -2.33. The maximum atomic E-state index is 14.1. The Hall–Kier alpha value is -14.3. The predicted octanol–water partition coefficient (Wildman–Crippen LogP) is 21.0. The first-order valence-corrected chi connectivity index (χ1v) is 54.8. The molecule has 150 heavy (non-hydrogen) atoms. The van der Waals surface area contributed by atoms with Gasteiger partial charge in [-0.25, -0.2) is 29.5 Å². The number of carbonyl (C=O) groups excluding carboxylic acids is 7. The second-order valence-corrected chi connectivity index (χ2v) is 44.5. The summed E-state index contributed by atoms with van der Waals surface area (Å²) in [5.41, 5.74) is 14.3. The molecule has 4 saturated heterocycles. The highest BCUT2D eigenvalue weighted by Gasteiger charge is 2.38. The number of para-hydroxylation sites is 2. The summed E-state index contributed by atoms with van der Waals surface area (Å²) in [6, 6.07) is 58.9. The maximum Gasteiger partial charge on any atom is 0.358 e. The van der Waals surface area contributed by atoms with Gasteiger partial charge in [-0.05, 0) is 330 Å². The fourth-order valence-corrected chi connectivity index (χ4v) is 24.9. The molecule has 2 aliphatic carbocycles. The lowest BCUT2D eigenvalue weighted by Crippen LogP contribution is -2.39. The molecule has 2 saturated carbocycles. The van der Waals surface area contributed by atoms with E-state index in [1.807, 2.05) is 223 Å². The minimum Gasteiger partial charge on any atom is -0.490 e. The SMILES string of the molecule is Cc1c(OC2CCC(CCCN3CCC(Oc4ccc5c(C6CCC(=O)NC6=O)nn(C)c5c4)CC3)CC2)cccc1-c1ccc(N2CCc3cccc(C(=O)Nc4nc5ccccc5s4)c3C2)nc1C(=O)O.Cc1c(OC2CCC(CCCN3CCC(Oc4ccc5c(C6CCC(=O)NC6=O)nn(C)c5c4)CC3)CC2)cccc1-c1ccc(N2CCc3cccc(C(=O)Nc4nc5ccccc5s4)c3C2)nc1C(=O)OC(C)(C)C. The first-order chi connectivity index (χ1) is 72.7. The first-order valence-electron chi connectivity index (χ1n) is 53.2. The van der Waals surface area contributed by atoms with Crippen LogP contribution in [0.25, 0.3) is 64.5 Å². The van der Waals surface area contributed by atoms with Gasteiger partial charge in [-0.15, -0.1) is 0 Å². The van der Waals surface area contributed by atoms with E-state index in [0.29, 0.717) is 132 Å². The number of rotatable bonds is 28. The lowest BCUT2D eigenvalue weighted by molar-refractivity contribution is -0.135. The molecular formula is C118H128N16O14S2. The van der Waals surface area contributed by atoms with Crippen molar-refractivity contribution in [1.82, 2.24) is 59.9 Å². The molecule has 32 heteroatoms. The number of hydrogen-bond acceptors (Lipinski definition) is 25. The highest BCUT2D eigenvalue weighted by Crippen LogP contribution is 2.44. The van der Waals surface area contributed by atoms with Crippen molar-refractivity contribution < 1.29 is 67.1 Å². The Labute approximate surface area is 879 Å². The van der Waals surface area contributed by atoms with Crippen molar-refractivity contribution in [2.24, 2.45) is 25.9 Å². The van der Waals surface area contributed by atoms with Gasteiger partial charge in [-0.1, -0.05) is 95.5 Å². The number of ether oxygens (including phenoxy) is 5. The van der Waals surface area contributed by atoms with E-state index in [0.717, 1.165) is 226 Å². The number of imide groups is 2. The summed E-state index contributed by atoms with van der Waals surface area (Å²) in [5.74, 6) is 1.86. The second kappa shape index (κ2) is 44.4. The van der Waals surface area contributed by atoms with Crippen molar-refractivity contribution in [3.8, 4) is 45.3 Å². The summed E-state index contributed by atoms with van der Waals surface area (Å²) in [6.45, 7) is 18.0. The maximum absolute atomic E-state index is 14.1. The monoisotopic (exact) mass is 2060 g/mol. The van der Waals surface area contributed by atoms with E-state index in [2.05, 4.69) is 69.1 Å². The first kappa shape index (κ1) is 102. The van der Waals surface area contributed by atoms with Crippen LogP contribution in [0, 0.1) is 25.7 Å². The number of aromatic carboxylic acids is 1. The molecule has 6 fully saturated rings. The average Bonchev–Trinajstić information content (AvgIpc) is 1.26. The number of aromatic nitrogens is 8. The van der Waals surface area contributed by atoms with E-state index in [1.54, 1.807) is 9.36 Å². The highest BCUT2D eigenvalue weighted by atomic mass is 32.1. The van der Waals surface area contributed by atoms with Gasteiger partial charge in [0.1, 0.15) is 52.4 Å². The number of nitrogens with zero attached hydrogens (tertiary/aromatic N) is 12. The quantitative estimate of drug-likeness (QED) is 0.0225. The molecule has 0 bridgehead atoms. The zero-order valence-electron chi connectivity index (χ0n) is 86.0. The third kappa shape index (κ3) is 22.9. The number of likely N-dealkylation sites (tertiary alicyclic amines) is 2. The number of piperidine rings is 4. The molecule has 2 unspecified atom stereocenters. The lowest BCUT2D eigenvalue weighted by atomic mass is 9.84. The van der Waals surface area contributed by atoms with Crippen LogP contribution in [0.3, 0.4) is 0 Å². The number of aryl methyl sites for hydroxylation is 2. The zero-order chi connectivity index (χ0) is 104. The fourth-order valence-electron chi connectivity index (χ4n) is 23.2. The largest absolute Gasteiger partial charge is 0.490 e. The van der Waals surface area contributed by atoms with Gasteiger partial charge in [-0.2, -0.15) is 10.2 Å². The van der Waals surface area contributed by atoms with Crippen molar-refractivity contribution in [2.75, 3.05) is 72.8 Å². The Bertz CT molecular complexity index is 7410. The van der Waals surface area contributed by atoms with Gasteiger partial charge in [0.2, 0.25) is 23.6 Å². The summed E-state index contributed by atoms with van der Waals surface area (Å²) in [7, 11) is 3.76. The van der Waals surface area contributed by atoms with Crippen LogP contribution in [0.15, 0.2) is 182 Å². The molecule has 14 aromatic rings. The number of benzene rings is 8. The van der Waals surface area contributed by atoms with Crippen molar-refractivity contribution >= 4 is 134 Å². The molecule has 8 aromatic carbocycles. The number of thiazole rings is 2. The van der Waals surface area contributed by atoms with Gasteiger partial charge in [0.25, 0.3) is 11.8 Å². The van der Waals surface area contributed by atoms with Crippen LogP contribution in [0.5, 0.6) is 23.0 Å². The number of carboxylic acids is 1. The molecule has 2 atom stereocenters. The van der Waals surface area contributed by atoms with Crippen LogP contribution >= 0.6 is 22.7 Å². The number of hydrogen-bond donors (Lipinski definition) is 5. The van der Waals surface area contributed by atoms with Gasteiger partial charge in [0.05, 0.1) is 66.9 Å². The standard InChI is InChI=1S/C61H68N8O7S.C57H60N8O7S/c1-37-43(44-24-26-53(63-56(44)59(73)76-61(2,3)4)69-34-28-39-12-8-14-45(48(39)36-69)57(71)65-60-62-49-15-6-7-17-52(49)77-60)13-9-16-51(37)75-40-20-18-38(19-21-40)11-10-31-68-32-29-41(30-33-68)74-42-22-23-46-50(35-42)67(5)66-55(46)47-25-27-54(70)64-58(47)72;1-34-40(41-21-23-50(59-53(41)56(69)70)65-31-25-36-9-5-11-42(45(36)33-65)54(67)61-57-58-46-12-3-4-14-49(46)73-57)10-6-13-48(34)72-37-17-15-35(16-18-37)8-7-28-64-29-26-38(27-30-64)71-39-19-20-43-47(32-39)63(2)62-52(43)44-22-24-51(66)60-55(44)68/h6-9,12-17,22-24,26,35,38,40-41,47H,10-11,18-21,25,27-34,36H2,1-5H3,(H,62,65,71)(H,64,70,72);3-6,9-14,19-21,23,32,35,37-38,44H,7-8,15-18,22,24-31,33H2,1-2H3,(H,69,70)(H,58,61,67)(H,60,66,68). The van der Waals surface area contributed by atoms with Crippen molar-refractivity contribution in [3.05, 3.63) is 249 Å². The summed E-state index contributed by atoms with van der Waals surface area (Å²) < 4.78 is 38.1. The predicted molar refractivity (Wildman–Crippen MR) is 582 cm³/mol. The number of pyridine rings is 2. The van der Waals surface area contributed by atoms with Crippen LogP contribution < -0.4 is 50.0 Å². The van der Waals surface area contributed by atoms with E-state index in [1.165, 1.54) is 48.4 Å². The van der Waals surface area contributed by atoms with E-state index < -0.39 is 29.4 Å². The van der Waals surface area contributed by atoms with Crippen LogP contribution in [0.4, 0.5) is 21.9 Å². The van der Waals surface area contributed by atoms with E-state index >= 15 is 0 Å². The zero-order valence-corrected chi connectivity index (χ0v) is 87.6. The van der Waals surface area contributed by atoms with Crippen LogP contribution in [-0.4, -0.2) is 184 Å². The van der Waals surface area contributed by atoms with E-state index in [9.17, 15) is 43.5 Å². The van der Waals surface area contributed by atoms with Gasteiger partial charge in [0.15, 0.2) is 21.7 Å². The molecule has 12 heterocycles. The molecule has 6 aliphatic heterocycles. The Kier molecular flexibility index (Phi) is 30.1. The number of esters is 1. The van der Waals surface area contributed by atoms with Crippen LogP contribution in [0.2, 0.25) is 0 Å². The number of fused-ring (bicyclic) bond motifs is 6. The van der Waals surface area contributed by atoms with Crippen molar-refractivity contribution in [1.29, 1.82) is 0 Å². The third-order valence-electron chi connectivity index (χ3n) is 31.3. The Morgan fingerprint density at radius 2 is 0.860 bits per heavy atom. The van der Waals surface area contributed by atoms with E-state index in [-0.39, 0.29) is 71.2 Å². The molecule has 5 N–H and O–H groups in total. The third-order valence-corrected chi connectivity index (χ3v) is 33.2. The van der Waals surface area contributed by atoms with Gasteiger partial charge >= 0.3 is 11.9 Å². The number of carbonyl (C=O) groups is 8. The topological polar surface area (TPSA) is 351 Å². The molecule has 30 nitrogen and oxygen atoms in total. The van der Waals surface area contributed by atoms with Crippen molar-refractivity contribution in [2.45, 2.75) is 231 Å². The number of carboxylic acid groups (broad SMARTS) is 1. The van der Waals surface area contributed by atoms with Crippen LogP contribution in [-0.2, 0) is 63.9 Å². The number of amides is 6. The van der Waals surface area contributed by atoms with Gasteiger partial charge in [-0.3, -0.25) is 59.4 Å². The Balaban J connectivity index is 0.000000175. The molecule has 0 spiro atoms. The molecule has 6 amide bonds. The molecule has 8 aliphatic rings. The van der Waals surface area contributed by atoms with Crippen LogP contribution in [0.1, 0.15) is 247 Å². The summed E-state index contributed by atoms with van der Waals surface area (Å²) in [5, 5.41) is 33.8. The van der Waals surface area contributed by atoms with E-state index in [4.69, 9.17) is 33.7 Å². The summed E-state index contributed by atoms with van der Waals surface area (Å²) >= 11 is 2.89.